The van der Waals surface area contributed by atoms with E-state index < -0.39 is 10.0 Å². The Bertz CT molecular complexity index is 775. The van der Waals surface area contributed by atoms with Gasteiger partial charge in [0.25, 0.3) is 0 Å². The summed E-state index contributed by atoms with van der Waals surface area (Å²) in [5, 5.41) is 8.85. The van der Waals surface area contributed by atoms with Gasteiger partial charge < -0.3 is 0 Å². The molecule has 0 aliphatic heterocycles. The van der Waals surface area contributed by atoms with Crippen LogP contribution in [0.3, 0.4) is 0 Å². The van der Waals surface area contributed by atoms with Gasteiger partial charge in [-0.05, 0) is 37.6 Å². The van der Waals surface area contributed by atoms with Gasteiger partial charge in [-0.1, -0.05) is 35.9 Å². The van der Waals surface area contributed by atoms with Crippen molar-refractivity contribution in [1.29, 1.82) is 5.26 Å². The number of hydrogen-bond acceptors (Lipinski definition) is 3. The van der Waals surface area contributed by atoms with Gasteiger partial charge in [0.05, 0.1) is 16.5 Å². The smallest absolute Gasteiger partial charge is 0.207 e. The van der Waals surface area contributed by atoms with Gasteiger partial charge in [0.15, 0.2) is 0 Å². The predicted octanol–water partition coefficient (Wildman–Crippen LogP) is 2.91. The molecule has 0 radical (unpaired) electrons. The van der Waals surface area contributed by atoms with Crippen molar-refractivity contribution in [3.63, 3.8) is 0 Å². The maximum Gasteiger partial charge on any atom is 0.241 e. The maximum atomic E-state index is 12.3. The van der Waals surface area contributed by atoms with Crippen LogP contribution in [0.2, 0.25) is 0 Å². The molecule has 5 heteroatoms. The SMILES string of the molecule is Cc1ccc(C(C)NS(=O)(=O)c2cccc(C#N)c2)cc1. The summed E-state index contributed by atoms with van der Waals surface area (Å²) in [5.41, 5.74) is 2.33. The molecule has 2 aromatic carbocycles. The summed E-state index contributed by atoms with van der Waals surface area (Å²) in [6.07, 6.45) is 0. The molecule has 0 spiro atoms. The van der Waals surface area contributed by atoms with Crippen molar-refractivity contribution >= 4 is 10.0 Å². The molecule has 2 aromatic rings. The van der Waals surface area contributed by atoms with Crippen molar-refractivity contribution in [3.8, 4) is 6.07 Å². The monoisotopic (exact) mass is 300 g/mol. The van der Waals surface area contributed by atoms with Gasteiger partial charge in [-0.15, -0.1) is 0 Å². The lowest BCUT2D eigenvalue weighted by molar-refractivity contribution is 0.567. The van der Waals surface area contributed by atoms with Crippen LogP contribution in [0.1, 0.15) is 29.7 Å². The lowest BCUT2D eigenvalue weighted by atomic mass is 10.1. The molecule has 0 aliphatic rings. The second-order valence-electron chi connectivity index (χ2n) is 4.89. The van der Waals surface area contributed by atoms with E-state index in [1.54, 1.807) is 19.1 Å². The normalized spacial score (nSPS) is 12.6. The standard InChI is InChI=1S/C16H16N2O2S/c1-12-6-8-15(9-7-12)13(2)18-21(19,20)16-5-3-4-14(10-16)11-17/h3-10,13,18H,1-2H3. The minimum Gasteiger partial charge on any atom is -0.207 e. The fourth-order valence-electron chi connectivity index (χ4n) is 1.96. The van der Waals surface area contributed by atoms with Crippen molar-refractivity contribution in [3.05, 3.63) is 65.2 Å². The summed E-state index contributed by atoms with van der Waals surface area (Å²) in [6, 6.07) is 15.2. The average molecular weight is 300 g/mol. The highest BCUT2D eigenvalue weighted by Crippen LogP contribution is 2.18. The van der Waals surface area contributed by atoms with E-state index in [9.17, 15) is 8.42 Å². The third-order valence-corrected chi connectivity index (χ3v) is 4.72. The van der Waals surface area contributed by atoms with Crippen molar-refractivity contribution in [2.75, 3.05) is 0 Å². The third-order valence-electron chi connectivity index (χ3n) is 3.18. The number of sulfonamides is 1. The van der Waals surface area contributed by atoms with Gasteiger partial charge in [0, 0.05) is 6.04 Å². The molecule has 21 heavy (non-hydrogen) atoms. The molecule has 0 aromatic heterocycles. The molecule has 0 bridgehead atoms. The quantitative estimate of drug-likeness (QED) is 0.943. The Hall–Kier alpha value is -2.16. The summed E-state index contributed by atoms with van der Waals surface area (Å²) >= 11 is 0. The van der Waals surface area contributed by atoms with Crippen LogP contribution in [0.15, 0.2) is 53.4 Å². The Morgan fingerprint density at radius 1 is 1.14 bits per heavy atom. The largest absolute Gasteiger partial charge is 0.241 e. The Morgan fingerprint density at radius 3 is 2.43 bits per heavy atom. The van der Waals surface area contributed by atoms with Crippen LogP contribution in [-0.4, -0.2) is 8.42 Å². The Labute approximate surface area is 125 Å². The molecule has 0 aliphatic carbocycles. The van der Waals surface area contributed by atoms with E-state index in [2.05, 4.69) is 4.72 Å². The lowest BCUT2D eigenvalue weighted by Crippen LogP contribution is -2.26. The second kappa shape index (κ2) is 6.08. The Morgan fingerprint density at radius 2 is 1.81 bits per heavy atom. The van der Waals surface area contributed by atoms with Gasteiger partial charge in [0.2, 0.25) is 10.0 Å². The van der Waals surface area contributed by atoms with Crippen LogP contribution in [0.5, 0.6) is 0 Å². The molecule has 4 nitrogen and oxygen atoms in total. The van der Waals surface area contributed by atoms with Gasteiger partial charge in [0.1, 0.15) is 0 Å². The molecule has 0 saturated heterocycles. The van der Waals surface area contributed by atoms with E-state index in [1.807, 2.05) is 37.3 Å². The highest BCUT2D eigenvalue weighted by atomic mass is 32.2. The molecule has 0 heterocycles. The number of aryl methyl sites for hydroxylation is 1. The number of rotatable bonds is 4. The topological polar surface area (TPSA) is 70.0 Å². The van der Waals surface area contributed by atoms with Crippen molar-refractivity contribution in [2.24, 2.45) is 0 Å². The van der Waals surface area contributed by atoms with Gasteiger partial charge in [-0.3, -0.25) is 0 Å². The van der Waals surface area contributed by atoms with E-state index in [4.69, 9.17) is 5.26 Å². The fraction of sp³-hybridized carbons (Fsp3) is 0.188. The van der Waals surface area contributed by atoms with Crippen LogP contribution in [0.4, 0.5) is 0 Å². The zero-order chi connectivity index (χ0) is 15.5. The predicted molar refractivity (Wildman–Crippen MR) is 81.1 cm³/mol. The molecule has 0 fully saturated rings. The number of nitrogens with one attached hydrogen (secondary N) is 1. The van der Waals surface area contributed by atoms with E-state index >= 15 is 0 Å². The number of nitrogens with zero attached hydrogens (tertiary/aromatic N) is 1. The minimum absolute atomic E-state index is 0.0977. The van der Waals surface area contributed by atoms with Crippen LogP contribution < -0.4 is 4.72 Å². The van der Waals surface area contributed by atoms with E-state index in [-0.39, 0.29) is 10.9 Å². The highest BCUT2D eigenvalue weighted by Gasteiger charge is 2.18. The first-order valence-electron chi connectivity index (χ1n) is 6.51. The fourth-order valence-corrected chi connectivity index (χ4v) is 3.23. The molecule has 1 N–H and O–H groups in total. The van der Waals surface area contributed by atoms with E-state index in [0.29, 0.717) is 5.56 Å². The van der Waals surface area contributed by atoms with Crippen LogP contribution in [0, 0.1) is 18.3 Å². The third kappa shape index (κ3) is 3.69. The number of nitriles is 1. The van der Waals surface area contributed by atoms with Crippen molar-refractivity contribution < 1.29 is 8.42 Å². The van der Waals surface area contributed by atoms with Crippen molar-refractivity contribution in [2.45, 2.75) is 24.8 Å². The summed E-state index contributed by atoms with van der Waals surface area (Å²) in [4.78, 5) is 0.0977. The number of benzene rings is 2. The highest BCUT2D eigenvalue weighted by molar-refractivity contribution is 7.89. The molecule has 0 saturated carbocycles. The van der Waals surface area contributed by atoms with Gasteiger partial charge in [-0.2, -0.15) is 5.26 Å². The van der Waals surface area contributed by atoms with Crippen LogP contribution in [-0.2, 0) is 10.0 Å². The summed E-state index contributed by atoms with van der Waals surface area (Å²) < 4.78 is 27.3. The number of hydrogen-bond donors (Lipinski definition) is 1. The first-order valence-corrected chi connectivity index (χ1v) is 8.00. The average Bonchev–Trinajstić information content (AvgIpc) is 2.47. The second-order valence-corrected chi connectivity index (χ2v) is 6.61. The van der Waals surface area contributed by atoms with Crippen LogP contribution >= 0.6 is 0 Å². The molecule has 2 rings (SSSR count). The van der Waals surface area contributed by atoms with Crippen molar-refractivity contribution in [1.82, 2.24) is 4.72 Å². The Balaban J connectivity index is 2.24. The summed E-state index contributed by atoms with van der Waals surface area (Å²) in [6.45, 7) is 3.77. The molecule has 0 amide bonds. The summed E-state index contributed by atoms with van der Waals surface area (Å²) in [5.74, 6) is 0. The molecule has 108 valence electrons. The molecular weight excluding hydrogens is 284 g/mol. The van der Waals surface area contributed by atoms with E-state index in [1.165, 1.54) is 12.1 Å². The minimum atomic E-state index is -3.65. The van der Waals surface area contributed by atoms with Gasteiger partial charge in [-0.25, -0.2) is 13.1 Å². The zero-order valence-corrected chi connectivity index (χ0v) is 12.7. The van der Waals surface area contributed by atoms with Crippen LogP contribution in [0.25, 0.3) is 0 Å². The Kier molecular flexibility index (Phi) is 4.41. The lowest BCUT2D eigenvalue weighted by Gasteiger charge is -2.15. The first-order chi connectivity index (χ1) is 9.92. The summed E-state index contributed by atoms with van der Waals surface area (Å²) in [7, 11) is -3.65. The first kappa shape index (κ1) is 15.2. The molecule has 1 atom stereocenters. The van der Waals surface area contributed by atoms with Gasteiger partial charge >= 0.3 is 0 Å². The zero-order valence-electron chi connectivity index (χ0n) is 11.9. The maximum absolute atomic E-state index is 12.3. The van der Waals surface area contributed by atoms with E-state index in [0.717, 1.165) is 11.1 Å². The molecular formula is C16H16N2O2S. The molecule has 1 unspecified atom stereocenters.